The van der Waals surface area contributed by atoms with Crippen molar-refractivity contribution in [3.05, 3.63) is 29.8 Å². The molecule has 0 unspecified atom stereocenters. The van der Waals surface area contributed by atoms with Crippen molar-refractivity contribution >= 4 is 23.7 Å². The maximum atomic E-state index is 13.3. The summed E-state index contributed by atoms with van der Waals surface area (Å²) in [6.07, 6.45) is 0.975. The lowest BCUT2D eigenvalue weighted by atomic mass is 9.89. The quantitative estimate of drug-likeness (QED) is 0.523. The average molecular weight is 512 g/mol. The highest BCUT2D eigenvalue weighted by atomic mass is 32.2. The largest absolute Gasteiger partial charge is 0.435 e. The zero-order chi connectivity index (χ0) is 25.3. The minimum Gasteiger partial charge on any atom is -0.435 e. The SMILES string of the molecule is CN1CCC(C#N)(NC(=O)[C@H](CSCc2ccccc2OC(F)F)NC(=O)N2CCOCC2)CC1. The number of thioether (sulfide) groups is 1. The lowest BCUT2D eigenvalue weighted by Gasteiger charge is -2.37. The van der Waals surface area contributed by atoms with Crippen LogP contribution in [0.15, 0.2) is 24.3 Å². The van der Waals surface area contributed by atoms with Crippen molar-refractivity contribution < 1.29 is 27.8 Å². The molecule has 2 saturated heterocycles. The number of benzene rings is 1. The number of carbonyl (C=O) groups excluding carboxylic acids is 2. The molecule has 0 spiro atoms. The van der Waals surface area contributed by atoms with Crippen LogP contribution in [0.5, 0.6) is 5.75 Å². The third-order valence-electron chi connectivity index (χ3n) is 6.06. The molecule has 3 rings (SSSR count). The van der Waals surface area contributed by atoms with Crippen LogP contribution < -0.4 is 15.4 Å². The molecule has 2 aliphatic rings. The summed E-state index contributed by atoms with van der Waals surface area (Å²) in [5.74, 6) is 0.117. The van der Waals surface area contributed by atoms with Gasteiger partial charge in [0.05, 0.1) is 19.3 Å². The van der Waals surface area contributed by atoms with Gasteiger partial charge in [0.15, 0.2) is 0 Å². The third kappa shape index (κ3) is 7.95. The molecule has 3 amide bonds. The summed E-state index contributed by atoms with van der Waals surface area (Å²) in [4.78, 5) is 29.7. The number of hydrogen-bond acceptors (Lipinski definition) is 7. The monoisotopic (exact) mass is 511 g/mol. The molecule has 192 valence electrons. The highest BCUT2D eigenvalue weighted by Crippen LogP contribution is 2.26. The first kappa shape index (κ1) is 27.0. The van der Waals surface area contributed by atoms with E-state index < -0.39 is 24.1 Å². The van der Waals surface area contributed by atoms with Crippen LogP contribution in [-0.4, -0.2) is 92.1 Å². The van der Waals surface area contributed by atoms with Gasteiger partial charge in [-0.05, 0) is 26.0 Å². The summed E-state index contributed by atoms with van der Waals surface area (Å²) in [6, 6.07) is 7.42. The number of nitrogens with one attached hydrogen (secondary N) is 2. The lowest BCUT2D eigenvalue weighted by Crippen LogP contribution is -2.60. The van der Waals surface area contributed by atoms with Crippen molar-refractivity contribution in [1.82, 2.24) is 20.4 Å². The van der Waals surface area contributed by atoms with Crippen molar-refractivity contribution in [3.63, 3.8) is 0 Å². The predicted octanol–water partition coefficient (Wildman–Crippen LogP) is 2.04. The zero-order valence-corrected chi connectivity index (χ0v) is 20.5. The number of hydrogen-bond donors (Lipinski definition) is 2. The van der Waals surface area contributed by atoms with Crippen molar-refractivity contribution in [2.24, 2.45) is 0 Å². The number of morpholine rings is 1. The van der Waals surface area contributed by atoms with Gasteiger partial charge >= 0.3 is 12.6 Å². The Labute approximate surface area is 208 Å². The standard InChI is InChI=1S/C23H31F2N5O4S/c1-29-8-6-23(16-26,7-9-29)28-20(31)18(27-22(32)30-10-12-33-13-11-30)15-35-14-17-4-2-3-5-19(17)34-21(24)25/h2-5,18,21H,6-15H2,1H3,(H,27,32)(H,28,31)/t18-/m0/s1. The molecule has 0 aliphatic carbocycles. The van der Waals surface area contributed by atoms with Crippen molar-refractivity contribution in [2.75, 3.05) is 52.2 Å². The average Bonchev–Trinajstić information content (AvgIpc) is 2.86. The maximum Gasteiger partial charge on any atom is 0.387 e. The minimum atomic E-state index is -2.94. The van der Waals surface area contributed by atoms with Crippen LogP contribution in [0.2, 0.25) is 0 Å². The number of piperidine rings is 1. The van der Waals surface area contributed by atoms with Crippen molar-refractivity contribution in [1.29, 1.82) is 5.26 Å². The molecule has 1 atom stereocenters. The highest BCUT2D eigenvalue weighted by molar-refractivity contribution is 7.98. The van der Waals surface area contributed by atoms with Gasteiger partial charge in [0.25, 0.3) is 0 Å². The Morgan fingerprint density at radius 1 is 1.23 bits per heavy atom. The van der Waals surface area contributed by atoms with Crippen LogP contribution in [0.3, 0.4) is 0 Å². The van der Waals surface area contributed by atoms with Gasteiger partial charge in [-0.1, -0.05) is 18.2 Å². The molecule has 1 aromatic carbocycles. The van der Waals surface area contributed by atoms with Crippen LogP contribution in [0.1, 0.15) is 18.4 Å². The summed E-state index contributed by atoms with van der Waals surface area (Å²) in [7, 11) is 1.96. The van der Waals surface area contributed by atoms with Crippen LogP contribution in [-0.2, 0) is 15.3 Å². The van der Waals surface area contributed by atoms with Crippen LogP contribution in [0.25, 0.3) is 0 Å². The normalized spacial score (nSPS) is 19.0. The van der Waals surface area contributed by atoms with E-state index >= 15 is 0 Å². The fourth-order valence-electron chi connectivity index (χ4n) is 3.90. The summed E-state index contributed by atoms with van der Waals surface area (Å²) < 4.78 is 35.3. The highest BCUT2D eigenvalue weighted by Gasteiger charge is 2.37. The van der Waals surface area contributed by atoms with Gasteiger partial charge in [0.1, 0.15) is 17.3 Å². The molecule has 35 heavy (non-hydrogen) atoms. The van der Waals surface area contributed by atoms with E-state index in [1.165, 1.54) is 17.8 Å². The van der Waals surface area contributed by atoms with E-state index in [1.54, 1.807) is 23.1 Å². The number of carbonyl (C=O) groups is 2. The number of amides is 3. The van der Waals surface area contributed by atoms with E-state index in [0.29, 0.717) is 63.6 Å². The smallest absolute Gasteiger partial charge is 0.387 e. The molecule has 2 N–H and O–H groups in total. The third-order valence-corrected chi connectivity index (χ3v) is 7.14. The summed E-state index contributed by atoms with van der Waals surface area (Å²) in [5.41, 5.74) is -0.436. The maximum absolute atomic E-state index is 13.3. The van der Waals surface area contributed by atoms with Gasteiger partial charge in [-0.2, -0.15) is 25.8 Å². The number of ether oxygens (including phenoxy) is 2. The number of nitriles is 1. The Bertz CT molecular complexity index is 902. The number of likely N-dealkylation sites (tertiary alicyclic amines) is 1. The van der Waals surface area contributed by atoms with Crippen LogP contribution in [0, 0.1) is 11.3 Å². The molecule has 2 fully saturated rings. The fraction of sp³-hybridized carbons (Fsp3) is 0.609. The van der Waals surface area contributed by atoms with E-state index in [-0.39, 0.29) is 17.5 Å². The number of urea groups is 1. The van der Waals surface area contributed by atoms with Crippen molar-refractivity contribution in [3.8, 4) is 11.8 Å². The zero-order valence-electron chi connectivity index (χ0n) is 19.7. The minimum absolute atomic E-state index is 0.0723. The first-order chi connectivity index (χ1) is 16.8. The van der Waals surface area contributed by atoms with Crippen molar-refractivity contribution in [2.45, 2.75) is 36.8 Å². The molecule has 0 radical (unpaired) electrons. The van der Waals surface area contributed by atoms with Crippen LogP contribution >= 0.6 is 11.8 Å². The second-order valence-corrected chi connectivity index (χ2v) is 9.62. The van der Waals surface area contributed by atoms with E-state index in [9.17, 15) is 23.6 Å². The van der Waals surface area contributed by atoms with E-state index in [1.807, 2.05) is 7.05 Å². The van der Waals surface area contributed by atoms with Gasteiger partial charge in [-0.25, -0.2) is 4.79 Å². The second kappa shape index (κ2) is 12.9. The Morgan fingerprint density at radius 3 is 2.57 bits per heavy atom. The lowest BCUT2D eigenvalue weighted by molar-refractivity contribution is -0.124. The van der Waals surface area contributed by atoms with Gasteiger partial charge in [0, 0.05) is 43.2 Å². The summed E-state index contributed by atoms with van der Waals surface area (Å²) >= 11 is 1.31. The Hall–Kier alpha value is -2.62. The molecular weight excluding hydrogens is 480 g/mol. The Kier molecular flexibility index (Phi) is 9.94. The van der Waals surface area contributed by atoms with Crippen LogP contribution in [0.4, 0.5) is 13.6 Å². The summed E-state index contributed by atoms with van der Waals surface area (Å²) in [5, 5.41) is 15.5. The fourth-order valence-corrected chi connectivity index (χ4v) is 4.95. The molecule has 0 saturated carbocycles. The number of halogens is 2. The molecule has 2 aliphatic heterocycles. The van der Waals surface area contributed by atoms with Gasteiger partial charge < -0.3 is 29.9 Å². The Balaban J connectivity index is 1.67. The number of para-hydroxylation sites is 1. The number of nitrogens with zero attached hydrogens (tertiary/aromatic N) is 3. The first-order valence-corrected chi connectivity index (χ1v) is 12.6. The van der Waals surface area contributed by atoms with E-state index in [0.717, 1.165) is 0 Å². The predicted molar refractivity (Wildman–Crippen MR) is 127 cm³/mol. The molecule has 12 heteroatoms. The van der Waals surface area contributed by atoms with Gasteiger partial charge in [-0.3, -0.25) is 4.79 Å². The molecular formula is C23H31F2N5O4S. The van der Waals surface area contributed by atoms with Gasteiger partial charge in [0.2, 0.25) is 5.91 Å². The van der Waals surface area contributed by atoms with E-state index in [4.69, 9.17) is 4.74 Å². The molecule has 1 aromatic rings. The summed E-state index contributed by atoms with van der Waals surface area (Å²) in [6.45, 7) is 0.0861. The first-order valence-electron chi connectivity index (χ1n) is 11.5. The molecule has 0 aromatic heterocycles. The topological polar surface area (TPSA) is 107 Å². The molecule has 9 nitrogen and oxygen atoms in total. The molecule has 2 heterocycles. The van der Waals surface area contributed by atoms with E-state index in [2.05, 4.69) is 26.3 Å². The number of rotatable bonds is 9. The number of alkyl halides is 2. The molecule has 0 bridgehead atoms. The van der Waals surface area contributed by atoms with Gasteiger partial charge in [-0.15, -0.1) is 0 Å². The Morgan fingerprint density at radius 2 is 1.91 bits per heavy atom. The second-order valence-electron chi connectivity index (χ2n) is 8.59.